The van der Waals surface area contributed by atoms with Gasteiger partial charge in [0.1, 0.15) is 11.5 Å². The van der Waals surface area contributed by atoms with Crippen molar-refractivity contribution in [1.82, 2.24) is 0 Å². The number of hydrogen-bond donors (Lipinski definition) is 0. The van der Waals surface area contributed by atoms with Gasteiger partial charge in [-0.1, -0.05) is 36.4 Å². The summed E-state index contributed by atoms with van der Waals surface area (Å²) in [6.07, 6.45) is 0. The second kappa shape index (κ2) is 8.18. The highest BCUT2D eigenvalue weighted by Crippen LogP contribution is 2.56. The Morgan fingerprint density at radius 3 is 1.64 bits per heavy atom. The third kappa shape index (κ3) is 2.73. The summed E-state index contributed by atoms with van der Waals surface area (Å²) in [5.74, 6) is 1.37. The van der Waals surface area contributed by atoms with E-state index in [-0.39, 0.29) is 11.6 Å². The maximum absolute atomic E-state index is 14.0. The Morgan fingerprint density at radius 1 is 0.500 bits per heavy atom. The zero-order valence-electron chi connectivity index (χ0n) is 22.3. The standard InChI is InChI=1S/C36H18Br2O4/c1-41-25-13-22-15-5-3-4-6-18(15)35(39)19-9-7-16-17-8-10-20-28-23(29-21(36(20)40)11-12-24(37)34(29)38)14-26(42-2)33(31(17)28)32(25)30(16)27(19)22/h3-14H,1-2H3. The van der Waals surface area contributed by atoms with Crippen LogP contribution in [0.3, 0.4) is 0 Å². The molecule has 0 aromatic heterocycles. The first kappa shape index (κ1) is 24.3. The van der Waals surface area contributed by atoms with E-state index in [1.807, 2.05) is 72.8 Å². The van der Waals surface area contributed by atoms with Gasteiger partial charge < -0.3 is 9.47 Å². The van der Waals surface area contributed by atoms with Crippen molar-refractivity contribution >= 4 is 86.5 Å². The van der Waals surface area contributed by atoms with Crippen LogP contribution in [0.5, 0.6) is 11.5 Å². The number of benzene rings is 7. The third-order valence-electron chi connectivity index (χ3n) is 9.03. The number of methoxy groups -OCH3 is 2. The molecule has 9 rings (SSSR count). The summed E-state index contributed by atoms with van der Waals surface area (Å²) in [4.78, 5) is 27.7. The summed E-state index contributed by atoms with van der Waals surface area (Å²) in [5.41, 5.74) is 6.32. The van der Waals surface area contributed by atoms with Gasteiger partial charge in [0, 0.05) is 69.1 Å². The topological polar surface area (TPSA) is 52.6 Å². The van der Waals surface area contributed by atoms with Crippen molar-refractivity contribution in [2.75, 3.05) is 14.2 Å². The average molecular weight is 674 g/mol. The molecule has 2 aliphatic carbocycles. The second-order valence-electron chi connectivity index (χ2n) is 10.8. The van der Waals surface area contributed by atoms with Crippen LogP contribution in [-0.4, -0.2) is 25.8 Å². The number of rotatable bonds is 2. The highest BCUT2D eigenvalue weighted by atomic mass is 79.9. The number of ether oxygens (including phenoxy) is 2. The van der Waals surface area contributed by atoms with Crippen molar-refractivity contribution < 1.29 is 19.1 Å². The molecule has 2 aliphatic rings. The fraction of sp³-hybridized carbons (Fsp3) is 0.0556. The second-order valence-corrected chi connectivity index (χ2v) is 12.5. The summed E-state index contributed by atoms with van der Waals surface area (Å²) < 4.78 is 14.0. The van der Waals surface area contributed by atoms with E-state index in [0.717, 1.165) is 74.3 Å². The van der Waals surface area contributed by atoms with Crippen LogP contribution < -0.4 is 9.47 Å². The summed E-state index contributed by atoms with van der Waals surface area (Å²) in [5, 5.41) is 7.46. The van der Waals surface area contributed by atoms with Gasteiger partial charge in [-0.3, -0.25) is 9.59 Å². The van der Waals surface area contributed by atoms with E-state index in [2.05, 4.69) is 31.9 Å². The molecule has 6 heteroatoms. The molecule has 0 N–H and O–H groups in total. The summed E-state index contributed by atoms with van der Waals surface area (Å²) >= 11 is 7.39. The van der Waals surface area contributed by atoms with Crippen molar-refractivity contribution in [3.05, 3.63) is 104 Å². The Balaban J connectivity index is 1.58. The molecule has 0 aliphatic heterocycles. The van der Waals surface area contributed by atoms with Crippen LogP contribution in [0.1, 0.15) is 31.8 Å². The van der Waals surface area contributed by atoms with Gasteiger partial charge in [0.15, 0.2) is 11.6 Å². The van der Waals surface area contributed by atoms with Gasteiger partial charge in [-0.15, -0.1) is 0 Å². The molecular weight excluding hydrogens is 656 g/mol. The molecule has 0 saturated carbocycles. The van der Waals surface area contributed by atoms with Gasteiger partial charge in [0.25, 0.3) is 0 Å². The van der Waals surface area contributed by atoms with Crippen LogP contribution in [0.2, 0.25) is 0 Å². The average Bonchev–Trinajstić information content (AvgIpc) is 3.02. The summed E-state index contributed by atoms with van der Waals surface area (Å²) in [7, 11) is 3.35. The fourth-order valence-corrected chi connectivity index (χ4v) is 8.24. The molecule has 0 atom stereocenters. The van der Waals surface area contributed by atoms with Crippen LogP contribution in [0, 0.1) is 0 Å². The number of ketones is 2. The molecular formula is C36H18Br2O4. The van der Waals surface area contributed by atoms with Crippen molar-refractivity contribution in [2.24, 2.45) is 0 Å². The van der Waals surface area contributed by atoms with Crippen molar-refractivity contribution in [3.63, 3.8) is 0 Å². The lowest BCUT2D eigenvalue weighted by Gasteiger charge is -2.28. The van der Waals surface area contributed by atoms with Gasteiger partial charge in [0.05, 0.1) is 14.2 Å². The SMILES string of the molecule is COc1cc2c3c(ccc4c5ccc6c7c(cc(OC)c(c1c34)c75)-c1c(ccc(Br)c1Br)C6=O)C(=O)c1ccccc1-2. The van der Waals surface area contributed by atoms with Crippen LogP contribution >= 0.6 is 31.9 Å². The van der Waals surface area contributed by atoms with Crippen molar-refractivity contribution in [1.29, 1.82) is 0 Å². The van der Waals surface area contributed by atoms with Crippen LogP contribution in [-0.2, 0) is 0 Å². The van der Waals surface area contributed by atoms with Crippen LogP contribution in [0.15, 0.2) is 81.7 Å². The van der Waals surface area contributed by atoms with Gasteiger partial charge >= 0.3 is 0 Å². The normalized spacial score (nSPS) is 13.3. The Morgan fingerprint density at radius 2 is 1.02 bits per heavy atom. The quantitative estimate of drug-likeness (QED) is 0.135. The van der Waals surface area contributed by atoms with E-state index < -0.39 is 0 Å². The van der Waals surface area contributed by atoms with Crippen molar-refractivity contribution in [3.8, 4) is 33.8 Å². The predicted molar refractivity (Wildman–Crippen MR) is 174 cm³/mol. The highest BCUT2D eigenvalue weighted by molar-refractivity contribution is 9.13. The predicted octanol–water partition coefficient (Wildman–Crippen LogP) is 9.70. The maximum atomic E-state index is 14.0. The van der Waals surface area contributed by atoms with E-state index in [4.69, 9.17) is 9.47 Å². The minimum atomic E-state index is -0.0152. The van der Waals surface area contributed by atoms with Gasteiger partial charge in [-0.2, -0.15) is 0 Å². The smallest absolute Gasteiger partial charge is 0.194 e. The number of carbonyl (C=O) groups is 2. The first-order valence-electron chi connectivity index (χ1n) is 13.5. The van der Waals surface area contributed by atoms with Crippen molar-refractivity contribution in [2.45, 2.75) is 0 Å². The molecule has 0 heterocycles. The lowest BCUT2D eigenvalue weighted by Crippen LogP contribution is -2.12. The maximum Gasteiger partial charge on any atom is 0.194 e. The van der Waals surface area contributed by atoms with Crippen LogP contribution in [0.25, 0.3) is 65.3 Å². The van der Waals surface area contributed by atoms with Gasteiger partial charge in [-0.25, -0.2) is 0 Å². The molecule has 0 spiro atoms. The van der Waals surface area contributed by atoms with E-state index in [0.29, 0.717) is 33.8 Å². The first-order chi connectivity index (χ1) is 20.4. The number of fused-ring (bicyclic) bond motifs is 6. The van der Waals surface area contributed by atoms with Crippen LogP contribution in [0.4, 0.5) is 0 Å². The molecule has 42 heavy (non-hydrogen) atoms. The highest BCUT2D eigenvalue weighted by Gasteiger charge is 2.34. The minimum Gasteiger partial charge on any atom is -0.496 e. The van der Waals surface area contributed by atoms with E-state index in [1.165, 1.54) is 0 Å². The Kier molecular flexibility index (Phi) is 4.74. The molecule has 0 radical (unpaired) electrons. The zero-order chi connectivity index (χ0) is 28.6. The minimum absolute atomic E-state index is 0.0152. The molecule has 0 saturated heterocycles. The summed E-state index contributed by atoms with van der Waals surface area (Å²) in [6.45, 7) is 0. The largest absolute Gasteiger partial charge is 0.496 e. The first-order valence-corrected chi connectivity index (χ1v) is 15.1. The lowest BCUT2D eigenvalue weighted by atomic mass is 9.76. The molecule has 0 bridgehead atoms. The zero-order valence-corrected chi connectivity index (χ0v) is 25.5. The Bertz CT molecular complexity index is 2440. The molecule has 0 fully saturated rings. The molecule has 7 aromatic rings. The van der Waals surface area contributed by atoms with Gasteiger partial charge in [-0.05, 0) is 95.7 Å². The lowest BCUT2D eigenvalue weighted by molar-refractivity contribution is 0.103. The van der Waals surface area contributed by atoms with E-state index in [9.17, 15) is 9.59 Å². The summed E-state index contributed by atoms with van der Waals surface area (Å²) in [6, 6.07) is 23.6. The fourth-order valence-electron chi connectivity index (χ4n) is 7.35. The monoisotopic (exact) mass is 672 g/mol. The number of carbonyl (C=O) groups excluding carboxylic acids is 2. The molecule has 7 aromatic carbocycles. The number of hydrogen-bond acceptors (Lipinski definition) is 4. The van der Waals surface area contributed by atoms with E-state index >= 15 is 0 Å². The van der Waals surface area contributed by atoms with Gasteiger partial charge in [0.2, 0.25) is 0 Å². The number of halogens is 2. The molecule has 0 amide bonds. The third-order valence-corrected chi connectivity index (χ3v) is 11.0. The Hall–Kier alpha value is -4.26. The molecule has 0 unspecified atom stereocenters. The molecule has 4 nitrogen and oxygen atoms in total. The Labute approximate surface area is 256 Å². The van der Waals surface area contributed by atoms with E-state index in [1.54, 1.807) is 14.2 Å². The molecule has 200 valence electrons.